The molecule has 0 radical (unpaired) electrons. The highest BCUT2D eigenvalue weighted by Crippen LogP contribution is 2.30. The molecule has 5 heteroatoms. The van der Waals surface area contributed by atoms with Crippen LogP contribution in [0.1, 0.15) is 103 Å². The minimum atomic E-state index is 0.130. The number of amides is 2. The number of nitrogens with zero attached hydrogens (tertiary/aromatic N) is 3. The molecule has 5 nitrogen and oxygen atoms in total. The molecule has 2 saturated carbocycles. The van der Waals surface area contributed by atoms with E-state index in [1.165, 1.54) is 44.9 Å². The van der Waals surface area contributed by atoms with Gasteiger partial charge >= 0.3 is 0 Å². The molecule has 0 spiro atoms. The molecule has 1 aromatic heterocycles. The molecule has 2 aliphatic rings. The highest BCUT2D eigenvalue weighted by molar-refractivity contribution is 5.85. The van der Waals surface area contributed by atoms with Crippen LogP contribution in [0.25, 0.3) is 0 Å². The second-order valence-electron chi connectivity index (χ2n) is 9.69. The van der Waals surface area contributed by atoms with Crippen LogP contribution in [0, 0.1) is 0 Å². The summed E-state index contributed by atoms with van der Waals surface area (Å²) >= 11 is 0. The van der Waals surface area contributed by atoms with Gasteiger partial charge in [-0.2, -0.15) is 0 Å². The summed E-state index contributed by atoms with van der Waals surface area (Å²) in [6.45, 7) is 3.14. The lowest BCUT2D eigenvalue weighted by molar-refractivity contribution is -0.144. The van der Waals surface area contributed by atoms with Gasteiger partial charge in [0.2, 0.25) is 11.8 Å². The first-order valence-electron chi connectivity index (χ1n) is 12.8. The Morgan fingerprint density at radius 1 is 0.903 bits per heavy atom. The van der Waals surface area contributed by atoms with E-state index in [1.807, 2.05) is 29.1 Å². The first kappa shape index (κ1) is 23.9. The molecule has 0 atom stereocenters. The van der Waals surface area contributed by atoms with Crippen molar-refractivity contribution in [3.8, 4) is 0 Å². The Bertz CT molecular complexity index is 689. The Morgan fingerprint density at radius 3 is 2.23 bits per heavy atom. The molecule has 0 aliphatic heterocycles. The standard InChI is InChI=1S/C26H43N3O2/c1-3-4-5-6-7-11-16-25(30)29(22-13-9-8-10-14-22)21-26(31)28(23-17-18-23)20-24-15-12-19-27(24)2/h12,15,19,22-23H,3-11,13-14,16-18,20-21H2,1-2H3. The third kappa shape index (κ3) is 7.40. The zero-order chi connectivity index (χ0) is 22.1. The molecule has 174 valence electrons. The molecule has 2 amide bonds. The highest BCUT2D eigenvalue weighted by atomic mass is 16.2. The normalized spacial score (nSPS) is 17.0. The zero-order valence-electron chi connectivity index (χ0n) is 19.9. The largest absolute Gasteiger partial charge is 0.353 e. The third-order valence-corrected chi connectivity index (χ3v) is 7.08. The SMILES string of the molecule is CCCCCCCCC(=O)N(CC(=O)N(Cc1cccn1C)C1CC1)C1CCCCC1. The van der Waals surface area contributed by atoms with E-state index in [0.29, 0.717) is 19.0 Å². The third-order valence-electron chi connectivity index (χ3n) is 7.08. The van der Waals surface area contributed by atoms with Gasteiger partial charge in [-0.25, -0.2) is 0 Å². The van der Waals surface area contributed by atoms with Crippen molar-refractivity contribution in [2.45, 2.75) is 115 Å². The Balaban J connectivity index is 1.59. The lowest BCUT2D eigenvalue weighted by Crippen LogP contribution is -2.48. The van der Waals surface area contributed by atoms with Gasteiger partial charge < -0.3 is 14.4 Å². The van der Waals surface area contributed by atoms with Gasteiger partial charge in [0.25, 0.3) is 0 Å². The highest BCUT2D eigenvalue weighted by Gasteiger charge is 2.35. The summed E-state index contributed by atoms with van der Waals surface area (Å²) in [6, 6.07) is 4.72. The maximum absolute atomic E-state index is 13.4. The molecule has 0 unspecified atom stereocenters. The number of rotatable bonds is 13. The van der Waals surface area contributed by atoms with Crippen LogP contribution in [0.2, 0.25) is 0 Å². The lowest BCUT2D eigenvalue weighted by Gasteiger charge is -2.35. The van der Waals surface area contributed by atoms with E-state index >= 15 is 0 Å². The maximum Gasteiger partial charge on any atom is 0.242 e. The monoisotopic (exact) mass is 429 g/mol. The molecule has 0 saturated heterocycles. The molecule has 0 N–H and O–H groups in total. The molecular weight excluding hydrogens is 386 g/mol. The first-order chi connectivity index (χ1) is 15.1. The van der Waals surface area contributed by atoms with Crippen molar-refractivity contribution in [2.75, 3.05) is 6.54 Å². The van der Waals surface area contributed by atoms with E-state index in [1.54, 1.807) is 0 Å². The van der Waals surface area contributed by atoms with Crippen molar-refractivity contribution in [1.82, 2.24) is 14.4 Å². The van der Waals surface area contributed by atoms with Crippen LogP contribution in [0.5, 0.6) is 0 Å². The van der Waals surface area contributed by atoms with Crippen molar-refractivity contribution < 1.29 is 9.59 Å². The molecule has 2 aliphatic carbocycles. The Labute approximate surface area is 189 Å². The van der Waals surface area contributed by atoms with Crippen molar-refractivity contribution in [3.63, 3.8) is 0 Å². The van der Waals surface area contributed by atoms with Gasteiger partial charge in [-0.15, -0.1) is 0 Å². The molecule has 2 fully saturated rings. The smallest absolute Gasteiger partial charge is 0.242 e. The van der Waals surface area contributed by atoms with Gasteiger partial charge in [0.05, 0.1) is 6.54 Å². The second kappa shape index (κ2) is 12.3. The summed E-state index contributed by atoms with van der Waals surface area (Å²) in [5, 5.41) is 0. The van der Waals surface area contributed by atoms with E-state index in [4.69, 9.17) is 0 Å². The predicted octanol–water partition coefficient (Wildman–Crippen LogP) is 5.43. The summed E-state index contributed by atoms with van der Waals surface area (Å²) in [5.41, 5.74) is 1.16. The first-order valence-corrected chi connectivity index (χ1v) is 12.8. The Hall–Kier alpha value is -1.78. The fourth-order valence-corrected chi connectivity index (χ4v) is 4.89. The van der Waals surface area contributed by atoms with Crippen molar-refractivity contribution in [3.05, 3.63) is 24.0 Å². The van der Waals surface area contributed by atoms with Crippen LogP contribution in [-0.2, 0) is 23.2 Å². The summed E-state index contributed by atoms with van der Waals surface area (Å²) in [4.78, 5) is 30.6. The van der Waals surface area contributed by atoms with Gasteiger partial charge in [-0.1, -0.05) is 58.3 Å². The fourth-order valence-electron chi connectivity index (χ4n) is 4.89. The number of hydrogen-bond acceptors (Lipinski definition) is 2. The summed E-state index contributed by atoms with van der Waals surface area (Å²) in [6.07, 6.45) is 17.6. The van der Waals surface area contributed by atoms with Gasteiger partial charge in [-0.3, -0.25) is 9.59 Å². The van der Waals surface area contributed by atoms with E-state index < -0.39 is 0 Å². The molecule has 31 heavy (non-hydrogen) atoms. The second-order valence-corrected chi connectivity index (χ2v) is 9.69. The van der Waals surface area contributed by atoms with E-state index in [0.717, 1.165) is 44.2 Å². The van der Waals surface area contributed by atoms with Crippen LogP contribution < -0.4 is 0 Å². The predicted molar refractivity (Wildman–Crippen MR) is 126 cm³/mol. The number of unbranched alkanes of at least 4 members (excludes halogenated alkanes) is 5. The maximum atomic E-state index is 13.4. The van der Waals surface area contributed by atoms with E-state index in [-0.39, 0.29) is 24.4 Å². The van der Waals surface area contributed by atoms with Crippen LogP contribution in [0.4, 0.5) is 0 Å². The Morgan fingerprint density at radius 2 is 1.58 bits per heavy atom. The topological polar surface area (TPSA) is 45.6 Å². The van der Waals surface area contributed by atoms with E-state index in [2.05, 4.69) is 17.6 Å². The minimum absolute atomic E-state index is 0.130. The fraction of sp³-hybridized carbons (Fsp3) is 0.769. The van der Waals surface area contributed by atoms with Gasteiger partial charge in [0.1, 0.15) is 6.54 Å². The molecule has 0 bridgehead atoms. The van der Waals surface area contributed by atoms with Crippen molar-refractivity contribution in [1.29, 1.82) is 0 Å². The molecular formula is C26H43N3O2. The Kier molecular flexibility index (Phi) is 9.48. The minimum Gasteiger partial charge on any atom is -0.353 e. The van der Waals surface area contributed by atoms with Crippen LogP contribution in [0.3, 0.4) is 0 Å². The lowest BCUT2D eigenvalue weighted by atomic mass is 9.93. The molecule has 1 heterocycles. The quantitative estimate of drug-likeness (QED) is 0.393. The number of aromatic nitrogens is 1. The number of aryl methyl sites for hydroxylation is 1. The van der Waals surface area contributed by atoms with Crippen molar-refractivity contribution in [2.24, 2.45) is 7.05 Å². The number of carbonyl (C=O) groups excluding carboxylic acids is 2. The summed E-state index contributed by atoms with van der Waals surface area (Å²) in [5.74, 6) is 0.330. The summed E-state index contributed by atoms with van der Waals surface area (Å²) in [7, 11) is 2.03. The van der Waals surface area contributed by atoms with Crippen LogP contribution >= 0.6 is 0 Å². The van der Waals surface area contributed by atoms with Gasteiger partial charge in [0.15, 0.2) is 0 Å². The van der Waals surface area contributed by atoms with Crippen LogP contribution in [0.15, 0.2) is 18.3 Å². The molecule has 3 rings (SSSR count). The van der Waals surface area contributed by atoms with E-state index in [9.17, 15) is 9.59 Å². The number of hydrogen-bond donors (Lipinski definition) is 0. The molecule has 1 aromatic rings. The van der Waals surface area contributed by atoms with Crippen LogP contribution in [-0.4, -0.2) is 44.8 Å². The average Bonchev–Trinajstić information content (AvgIpc) is 3.54. The number of carbonyl (C=O) groups is 2. The summed E-state index contributed by atoms with van der Waals surface area (Å²) < 4.78 is 2.09. The molecule has 0 aromatic carbocycles. The van der Waals surface area contributed by atoms with Gasteiger partial charge in [0, 0.05) is 37.4 Å². The average molecular weight is 430 g/mol. The van der Waals surface area contributed by atoms with Crippen molar-refractivity contribution >= 4 is 11.8 Å². The van der Waals surface area contributed by atoms with Gasteiger partial charge in [-0.05, 0) is 44.2 Å². The zero-order valence-corrected chi connectivity index (χ0v) is 19.9.